The van der Waals surface area contributed by atoms with Gasteiger partial charge in [-0.15, -0.1) is 24.0 Å². The van der Waals surface area contributed by atoms with E-state index in [2.05, 4.69) is 15.6 Å². The van der Waals surface area contributed by atoms with Gasteiger partial charge in [0.15, 0.2) is 17.5 Å². The van der Waals surface area contributed by atoms with Gasteiger partial charge in [-0.2, -0.15) is 0 Å². The predicted molar refractivity (Wildman–Crippen MR) is 116 cm³/mol. The predicted octanol–water partition coefficient (Wildman–Crippen LogP) is 3.14. The highest BCUT2D eigenvalue weighted by molar-refractivity contribution is 14.0. The van der Waals surface area contributed by atoms with Crippen LogP contribution in [-0.4, -0.2) is 60.2 Å². The summed E-state index contributed by atoms with van der Waals surface area (Å²) in [6.45, 7) is 5.38. The summed E-state index contributed by atoms with van der Waals surface area (Å²) in [6, 6.07) is 5.70. The summed E-state index contributed by atoms with van der Waals surface area (Å²) in [7, 11) is 5.05. The maximum absolute atomic E-state index is 5.59. The van der Waals surface area contributed by atoms with E-state index in [1.54, 1.807) is 21.3 Å². The van der Waals surface area contributed by atoms with Gasteiger partial charge in [-0.3, -0.25) is 4.99 Å². The Balaban J connectivity index is 0.00000625. The monoisotopic (exact) mass is 481 g/mol. The number of aliphatic imine (C=N–C) groups is 1. The fourth-order valence-corrected chi connectivity index (χ4v) is 2.12. The molecular weight excluding hydrogens is 449 g/mol. The van der Waals surface area contributed by atoms with Gasteiger partial charge < -0.3 is 29.6 Å². The first-order chi connectivity index (χ1) is 12.2. The Morgan fingerprint density at radius 1 is 1.08 bits per heavy atom. The van der Waals surface area contributed by atoms with Crippen LogP contribution < -0.4 is 20.1 Å². The molecule has 0 atom stereocenters. The minimum Gasteiger partial charge on any atom is -0.493 e. The number of anilines is 1. The number of hydrogen-bond donors (Lipinski definition) is 2. The van der Waals surface area contributed by atoms with E-state index in [-0.39, 0.29) is 24.0 Å². The number of benzene rings is 1. The molecule has 0 bridgehead atoms. The lowest BCUT2D eigenvalue weighted by atomic mass is 10.2. The van der Waals surface area contributed by atoms with E-state index in [1.165, 1.54) is 0 Å². The van der Waals surface area contributed by atoms with Gasteiger partial charge in [0.1, 0.15) is 0 Å². The van der Waals surface area contributed by atoms with Crippen LogP contribution in [0.4, 0.5) is 5.69 Å². The quantitative estimate of drug-likeness (QED) is 0.207. The number of hydrogen-bond acceptors (Lipinski definition) is 5. The molecule has 1 rings (SSSR count). The molecule has 0 aliphatic heterocycles. The lowest BCUT2D eigenvalue weighted by molar-refractivity contribution is 0.0689. The Labute approximate surface area is 173 Å². The number of methoxy groups -OCH3 is 2. The van der Waals surface area contributed by atoms with Gasteiger partial charge in [0, 0.05) is 39.1 Å². The molecule has 0 unspecified atom stereocenters. The molecule has 1 aromatic rings. The molecule has 0 radical (unpaired) electrons. The summed E-state index contributed by atoms with van der Waals surface area (Å²) >= 11 is 0. The molecule has 0 aliphatic carbocycles. The highest BCUT2D eigenvalue weighted by Crippen LogP contribution is 2.30. The standard InChI is InChI=1S/C18H31N3O4.HI/c1-5-25-17-14-15(8-9-16(17)23-4)21-18(19-2)20-10-6-7-11-24-13-12-22-3;/h8-9,14H,5-7,10-13H2,1-4H3,(H2,19,20,21);1H. The van der Waals surface area contributed by atoms with Crippen LogP contribution in [0.2, 0.25) is 0 Å². The van der Waals surface area contributed by atoms with Gasteiger partial charge in [0.2, 0.25) is 0 Å². The Kier molecular flexibility index (Phi) is 15.2. The maximum atomic E-state index is 5.59. The van der Waals surface area contributed by atoms with Crippen LogP contribution in [0.1, 0.15) is 19.8 Å². The van der Waals surface area contributed by atoms with Crippen molar-refractivity contribution in [1.82, 2.24) is 5.32 Å². The fourth-order valence-electron chi connectivity index (χ4n) is 2.12. The minimum atomic E-state index is 0. The number of nitrogens with zero attached hydrogens (tertiary/aromatic N) is 1. The van der Waals surface area contributed by atoms with E-state index < -0.39 is 0 Å². The van der Waals surface area contributed by atoms with Gasteiger partial charge in [-0.1, -0.05) is 0 Å². The highest BCUT2D eigenvalue weighted by Gasteiger charge is 2.06. The third-order valence-corrected chi connectivity index (χ3v) is 3.39. The van der Waals surface area contributed by atoms with Gasteiger partial charge in [0.05, 0.1) is 26.9 Å². The second kappa shape index (κ2) is 16.0. The highest BCUT2D eigenvalue weighted by atomic mass is 127. The van der Waals surface area contributed by atoms with E-state index in [1.807, 2.05) is 25.1 Å². The zero-order valence-electron chi connectivity index (χ0n) is 16.2. The number of rotatable bonds is 12. The van der Waals surface area contributed by atoms with Gasteiger partial charge >= 0.3 is 0 Å². The topological polar surface area (TPSA) is 73.3 Å². The largest absolute Gasteiger partial charge is 0.493 e. The van der Waals surface area contributed by atoms with Crippen LogP contribution in [0.25, 0.3) is 0 Å². The molecule has 150 valence electrons. The first-order valence-corrected chi connectivity index (χ1v) is 8.60. The van der Waals surface area contributed by atoms with Crippen LogP contribution in [0.5, 0.6) is 11.5 Å². The van der Waals surface area contributed by atoms with Crippen LogP contribution in [-0.2, 0) is 9.47 Å². The molecule has 1 aromatic carbocycles. The van der Waals surface area contributed by atoms with E-state index >= 15 is 0 Å². The van der Waals surface area contributed by atoms with Crippen molar-refractivity contribution in [2.24, 2.45) is 4.99 Å². The van der Waals surface area contributed by atoms with Crippen molar-refractivity contribution >= 4 is 35.6 Å². The zero-order valence-corrected chi connectivity index (χ0v) is 18.5. The van der Waals surface area contributed by atoms with Gasteiger partial charge in [-0.05, 0) is 31.9 Å². The zero-order chi connectivity index (χ0) is 18.3. The molecule has 26 heavy (non-hydrogen) atoms. The average molecular weight is 481 g/mol. The Bertz CT molecular complexity index is 515. The lowest BCUT2D eigenvalue weighted by Crippen LogP contribution is -2.31. The molecule has 0 heterocycles. The molecule has 0 aliphatic rings. The molecule has 2 N–H and O–H groups in total. The Hall–Kier alpha value is -1.26. The summed E-state index contributed by atoms with van der Waals surface area (Å²) in [5.74, 6) is 2.13. The van der Waals surface area contributed by atoms with Crippen LogP contribution in [0.3, 0.4) is 0 Å². The van der Waals surface area contributed by atoms with Gasteiger partial charge in [0.25, 0.3) is 0 Å². The second-order valence-electron chi connectivity index (χ2n) is 5.23. The third-order valence-electron chi connectivity index (χ3n) is 3.39. The summed E-state index contributed by atoms with van der Waals surface area (Å²) in [5.41, 5.74) is 0.889. The van der Waals surface area contributed by atoms with Crippen molar-refractivity contribution in [2.75, 3.05) is 59.6 Å². The SMILES string of the molecule is CCOc1cc(NC(=NC)NCCCCOCCOC)ccc1OC.I. The van der Waals surface area contributed by atoms with Crippen LogP contribution in [0.15, 0.2) is 23.2 Å². The van der Waals surface area contributed by atoms with E-state index in [4.69, 9.17) is 18.9 Å². The van der Waals surface area contributed by atoms with E-state index in [9.17, 15) is 0 Å². The molecule has 7 nitrogen and oxygen atoms in total. The summed E-state index contributed by atoms with van der Waals surface area (Å²) in [5, 5.41) is 6.54. The van der Waals surface area contributed by atoms with Gasteiger partial charge in [-0.25, -0.2) is 0 Å². The van der Waals surface area contributed by atoms with E-state index in [0.29, 0.717) is 37.3 Å². The number of nitrogens with one attached hydrogen (secondary N) is 2. The summed E-state index contributed by atoms with van der Waals surface area (Å²) in [4.78, 5) is 4.23. The first kappa shape index (κ1) is 24.7. The number of guanidine groups is 1. The third kappa shape index (κ3) is 10.0. The average Bonchev–Trinajstić information content (AvgIpc) is 2.63. The minimum absolute atomic E-state index is 0. The maximum Gasteiger partial charge on any atom is 0.195 e. The second-order valence-corrected chi connectivity index (χ2v) is 5.23. The number of ether oxygens (including phenoxy) is 4. The smallest absolute Gasteiger partial charge is 0.195 e. The summed E-state index contributed by atoms with van der Waals surface area (Å²) < 4.78 is 21.3. The lowest BCUT2D eigenvalue weighted by Gasteiger charge is -2.14. The van der Waals surface area contributed by atoms with Crippen molar-refractivity contribution in [3.8, 4) is 11.5 Å². The molecule has 0 saturated carbocycles. The van der Waals surface area contributed by atoms with Crippen molar-refractivity contribution in [1.29, 1.82) is 0 Å². The number of halogens is 1. The molecule has 0 saturated heterocycles. The van der Waals surface area contributed by atoms with Crippen molar-refractivity contribution in [3.05, 3.63) is 18.2 Å². The normalized spacial score (nSPS) is 10.8. The fraction of sp³-hybridized carbons (Fsp3) is 0.611. The molecule has 0 amide bonds. The number of unbranched alkanes of at least 4 members (excludes halogenated alkanes) is 1. The first-order valence-electron chi connectivity index (χ1n) is 8.60. The van der Waals surface area contributed by atoms with Crippen LogP contribution in [0, 0.1) is 0 Å². The van der Waals surface area contributed by atoms with Crippen molar-refractivity contribution < 1.29 is 18.9 Å². The van der Waals surface area contributed by atoms with Crippen molar-refractivity contribution in [2.45, 2.75) is 19.8 Å². The molecule has 0 fully saturated rings. The molecule has 8 heteroatoms. The summed E-state index contributed by atoms with van der Waals surface area (Å²) in [6.07, 6.45) is 1.99. The van der Waals surface area contributed by atoms with Crippen LogP contribution >= 0.6 is 24.0 Å². The Morgan fingerprint density at radius 2 is 1.88 bits per heavy atom. The Morgan fingerprint density at radius 3 is 2.54 bits per heavy atom. The van der Waals surface area contributed by atoms with E-state index in [0.717, 1.165) is 31.7 Å². The molecule has 0 aromatic heterocycles. The molecule has 0 spiro atoms. The van der Waals surface area contributed by atoms with Crippen molar-refractivity contribution in [3.63, 3.8) is 0 Å². The molecular formula is C18H32IN3O4.